The molecule has 2 N–H and O–H groups in total. The van der Waals surface area contributed by atoms with Crippen LogP contribution in [0.25, 0.3) is 0 Å². The van der Waals surface area contributed by atoms with Gasteiger partial charge in [0.15, 0.2) is 10.8 Å². The van der Waals surface area contributed by atoms with E-state index in [-0.39, 0.29) is 17.4 Å². The fraction of sp³-hybridized carbons (Fsp3) is 0.375. The minimum atomic E-state index is -3.58. The summed E-state index contributed by atoms with van der Waals surface area (Å²) in [5, 5.41) is 0.00634. The van der Waals surface area contributed by atoms with E-state index >= 15 is 0 Å². The average Bonchev–Trinajstić information content (AvgIpc) is 2.46. The molecule has 0 aromatic carbocycles. The summed E-state index contributed by atoms with van der Waals surface area (Å²) in [7, 11) is -0.538. The number of rotatable bonds is 4. The van der Waals surface area contributed by atoms with E-state index < -0.39 is 10.0 Å². The summed E-state index contributed by atoms with van der Waals surface area (Å²) in [6.45, 7) is 3.71. The fourth-order valence-corrected chi connectivity index (χ4v) is 2.50. The molecule has 1 aromatic heterocycles. The van der Waals surface area contributed by atoms with Crippen molar-refractivity contribution in [3.05, 3.63) is 19.0 Å². The molecule has 0 saturated heterocycles. The Balaban J connectivity index is 3.22. The van der Waals surface area contributed by atoms with Crippen molar-refractivity contribution in [1.82, 2.24) is 13.9 Å². The molecule has 1 rings (SSSR count). The lowest BCUT2D eigenvalue weighted by atomic mass is 10.6. The van der Waals surface area contributed by atoms with Crippen molar-refractivity contribution in [2.24, 2.45) is 7.05 Å². The first kappa shape index (κ1) is 11.7. The molecular weight excluding hydrogens is 216 g/mol. The maximum absolute atomic E-state index is 12.0. The van der Waals surface area contributed by atoms with E-state index in [2.05, 4.69) is 11.6 Å². The van der Waals surface area contributed by atoms with Gasteiger partial charge in [-0.25, -0.2) is 13.4 Å². The molecule has 0 aliphatic heterocycles. The number of nitrogens with zero attached hydrogens (tertiary/aromatic N) is 3. The number of hydrogen-bond acceptors (Lipinski definition) is 4. The van der Waals surface area contributed by atoms with Gasteiger partial charge >= 0.3 is 0 Å². The number of likely N-dealkylation sites (N-methyl/N-ethyl adjacent to an activating group) is 1. The van der Waals surface area contributed by atoms with Gasteiger partial charge in [0, 0.05) is 20.6 Å². The van der Waals surface area contributed by atoms with E-state index in [9.17, 15) is 8.42 Å². The molecule has 0 saturated carbocycles. The van der Waals surface area contributed by atoms with Gasteiger partial charge < -0.3 is 10.3 Å². The summed E-state index contributed by atoms with van der Waals surface area (Å²) < 4.78 is 26.5. The Morgan fingerprint density at radius 3 is 2.73 bits per heavy atom. The Labute approximate surface area is 89.1 Å². The van der Waals surface area contributed by atoms with Gasteiger partial charge in [-0.15, -0.1) is 6.58 Å². The topological polar surface area (TPSA) is 81.2 Å². The zero-order valence-electron chi connectivity index (χ0n) is 8.71. The first-order valence-corrected chi connectivity index (χ1v) is 5.69. The SMILES string of the molecule is C=CCN(C)S(=O)(=O)c1c(N)ncn1C. The molecule has 0 aliphatic carbocycles. The molecule has 0 atom stereocenters. The molecule has 6 nitrogen and oxygen atoms in total. The highest BCUT2D eigenvalue weighted by molar-refractivity contribution is 7.89. The molecule has 0 radical (unpaired) electrons. The Kier molecular flexibility index (Phi) is 3.15. The van der Waals surface area contributed by atoms with Gasteiger partial charge in [-0.2, -0.15) is 4.31 Å². The van der Waals surface area contributed by atoms with E-state index in [1.165, 1.54) is 24.0 Å². The van der Waals surface area contributed by atoms with E-state index in [1.807, 2.05) is 0 Å². The predicted molar refractivity (Wildman–Crippen MR) is 57.6 cm³/mol. The van der Waals surface area contributed by atoms with Gasteiger partial charge in [-0.1, -0.05) is 6.08 Å². The van der Waals surface area contributed by atoms with Gasteiger partial charge in [0.2, 0.25) is 0 Å². The normalized spacial score (nSPS) is 11.9. The van der Waals surface area contributed by atoms with Crippen LogP contribution in [0, 0.1) is 0 Å². The number of nitrogens with two attached hydrogens (primary N) is 1. The monoisotopic (exact) mass is 230 g/mol. The summed E-state index contributed by atoms with van der Waals surface area (Å²) in [6.07, 6.45) is 2.87. The van der Waals surface area contributed by atoms with Crippen LogP contribution in [-0.2, 0) is 17.1 Å². The van der Waals surface area contributed by atoms with Crippen LogP contribution in [0.1, 0.15) is 0 Å². The molecule has 0 amide bonds. The number of nitrogen functional groups attached to an aromatic ring is 1. The van der Waals surface area contributed by atoms with Gasteiger partial charge in [0.1, 0.15) is 0 Å². The Bertz CT molecular complexity index is 443. The second-order valence-corrected chi connectivity index (χ2v) is 5.08. The van der Waals surface area contributed by atoms with Crippen molar-refractivity contribution in [1.29, 1.82) is 0 Å². The van der Waals surface area contributed by atoms with Gasteiger partial charge in [-0.3, -0.25) is 0 Å². The fourth-order valence-electron chi connectivity index (χ4n) is 1.18. The van der Waals surface area contributed by atoms with Crippen LogP contribution in [0.15, 0.2) is 24.0 Å². The quantitative estimate of drug-likeness (QED) is 0.727. The number of aryl methyl sites for hydroxylation is 1. The van der Waals surface area contributed by atoms with Crippen LogP contribution in [-0.4, -0.2) is 35.9 Å². The smallest absolute Gasteiger partial charge is 0.262 e. The lowest BCUT2D eigenvalue weighted by Gasteiger charge is -2.15. The third kappa shape index (κ3) is 2.02. The van der Waals surface area contributed by atoms with Crippen molar-refractivity contribution in [2.45, 2.75) is 5.03 Å². The van der Waals surface area contributed by atoms with Crippen LogP contribution in [0.3, 0.4) is 0 Å². The standard InChI is InChI=1S/C8H14N4O2S/c1-4-5-12(3)15(13,14)8-7(9)10-6-11(8)2/h4,6H,1,5,9H2,2-3H3. The van der Waals surface area contributed by atoms with E-state index in [0.29, 0.717) is 0 Å². The molecular formula is C8H14N4O2S. The molecule has 0 aliphatic rings. The highest BCUT2D eigenvalue weighted by Gasteiger charge is 2.26. The van der Waals surface area contributed by atoms with E-state index in [0.717, 1.165) is 4.31 Å². The lowest BCUT2D eigenvalue weighted by Crippen LogP contribution is -2.29. The maximum atomic E-state index is 12.0. The average molecular weight is 230 g/mol. The zero-order valence-corrected chi connectivity index (χ0v) is 9.53. The third-order valence-corrected chi connectivity index (χ3v) is 3.91. The van der Waals surface area contributed by atoms with Crippen LogP contribution in [0.5, 0.6) is 0 Å². The van der Waals surface area contributed by atoms with Crippen LogP contribution < -0.4 is 5.73 Å². The van der Waals surface area contributed by atoms with Gasteiger partial charge in [-0.05, 0) is 0 Å². The summed E-state index contributed by atoms with van der Waals surface area (Å²) in [4.78, 5) is 3.73. The molecule has 0 spiro atoms. The number of anilines is 1. The third-order valence-electron chi connectivity index (χ3n) is 1.95. The second kappa shape index (κ2) is 4.03. The van der Waals surface area contributed by atoms with Crippen LogP contribution >= 0.6 is 0 Å². The molecule has 15 heavy (non-hydrogen) atoms. The number of hydrogen-bond donors (Lipinski definition) is 1. The zero-order chi connectivity index (χ0) is 11.6. The van der Waals surface area contributed by atoms with Crippen molar-refractivity contribution in [3.8, 4) is 0 Å². The minimum absolute atomic E-state index is 0.00634. The number of imidazole rings is 1. The van der Waals surface area contributed by atoms with Crippen LogP contribution in [0.2, 0.25) is 0 Å². The molecule has 1 aromatic rings. The predicted octanol–water partition coefficient (Wildman–Crippen LogP) is -0.191. The summed E-state index contributed by atoms with van der Waals surface area (Å²) in [5.41, 5.74) is 5.50. The molecule has 0 bridgehead atoms. The molecule has 0 fully saturated rings. The first-order valence-electron chi connectivity index (χ1n) is 4.25. The van der Waals surface area contributed by atoms with Gasteiger partial charge in [0.25, 0.3) is 10.0 Å². The first-order chi connectivity index (χ1) is 6.91. The minimum Gasteiger partial charge on any atom is -0.381 e. The maximum Gasteiger partial charge on any atom is 0.262 e. The summed E-state index contributed by atoms with van der Waals surface area (Å²) >= 11 is 0. The van der Waals surface area contributed by atoms with Crippen molar-refractivity contribution in [2.75, 3.05) is 19.3 Å². The lowest BCUT2D eigenvalue weighted by molar-refractivity contribution is 0.492. The molecule has 1 heterocycles. The largest absolute Gasteiger partial charge is 0.381 e. The summed E-state index contributed by atoms with van der Waals surface area (Å²) in [5.74, 6) is 0.00779. The Morgan fingerprint density at radius 2 is 2.33 bits per heavy atom. The second-order valence-electron chi connectivity index (χ2n) is 3.12. The summed E-state index contributed by atoms with van der Waals surface area (Å²) in [6, 6.07) is 0. The van der Waals surface area contributed by atoms with Crippen molar-refractivity contribution in [3.63, 3.8) is 0 Å². The van der Waals surface area contributed by atoms with Crippen molar-refractivity contribution < 1.29 is 8.42 Å². The van der Waals surface area contributed by atoms with E-state index in [1.54, 1.807) is 7.05 Å². The van der Waals surface area contributed by atoms with Crippen molar-refractivity contribution >= 4 is 15.8 Å². The van der Waals surface area contributed by atoms with Crippen LogP contribution in [0.4, 0.5) is 5.82 Å². The highest BCUT2D eigenvalue weighted by atomic mass is 32.2. The molecule has 0 unspecified atom stereocenters. The number of sulfonamides is 1. The highest BCUT2D eigenvalue weighted by Crippen LogP contribution is 2.18. The van der Waals surface area contributed by atoms with Gasteiger partial charge in [0.05, 0.1) is 6.33 Å². The molecule has 84 valence electrons. The number of aromatic nitrogens is 2. The molecule has 7 heteroatoms. The Hall–Kier alpha value is -1.34. The van der Waals surface area contributed by atoms with E-state index in [4.69, 9.17) is 5.73 Å². The Morgan fingerprint density at radius 1 is 1.73 bits per heavy atom.